The first-order valence-corrected chi connectivity index (χ1v) is 7.85. The molecule has 1 saturated carbocycles. The van der Waals surface area contributed by atoms with Crippen molar-refractivity contribution >= 4 is 22.0 Å². The normalized spacial score (nSPS) is 16.0. The SMILES string of the molecule is Nc1cccc(-c2nn3c(C4CCCC4)nnc3s2)c1O. The Labute approximate surface area is 125 Å². The van der Waals surface area contributed by atoms with Crippen LogP contribution in [-0.2, 0) is 0 Å². The number of hydrogen-bond donors (Lipinski definition) is 2. The van der Waals surface area contributed by atoms with Crippen LogP contribution in [0.3, 0.4) is 0 Å². The Bertz CT molecular complexity index is 803. The molecule has 0 radical (unpaired) electrons. The predicted octanol–water partition coefficient (Wildman–Crippen LogP) is 2.80. The molecule has 3 aromatic rings. The van der Waals surface area contributed by atoms with Crippen molar-refractivity contribution in [3.05, 3.63) is 24.0 Å². The molecule has 4 rings (SSSR count). The molecule has 1 fully saturated rings. The van der Waals surface area contributed by atoms with Crippen LogP contribution in [0.15, 0.2) is 18.2 Å². The molecule has 0 amide bonds. The first kappa shape index (κ1) is 12.6. The largest absolute Gasteiger partial charge is 0.505 e. The van der Waals surface area contributed by atoms with Crippen LogP contribution in [0, 0.1) is 0 Å². The van der Waals surface area contributed by atoms with Gasteiger partial charge in [0.15, 0.2) is 10.8 Å². The van der Waals surface area contributed by atoms with Gasteiger partial charge in [0.1, 0.15) is 5.75 Å². The fourth-order valence-electron chi connectivity index (χ4n) is 2.91. The number of aromatic hydroxyl groups is 1. The molecule has 2 aromatic heterocycles. The summed E-state index contributed by atoms with van der Waals surface area (Å²) in [7, 11) is 0. The number of hydrogen-bond acceptors (Lipinski definition) is 6. The number of nitrogens with two attached hydrogens (primary N) is 1. The third-order valence-corrected chi connectivity index (χ3v) is 4.97. The Kier molecular flexibility index (Phi) is 2.81. The quantitative estimate of drug-likeness (QED) is 0.561. The van der Waals surface area contributed by atoms with E-state index in [1.54, 1.807) is 6.07 Å². The highest BCUT2D eigenvalue weighted by molar-refractivity contribution is 7.19. The zero-order valence-electron chi connectivity index (χ0n) is 11.4. The topological polar surface area (TPSA) is 89.3 Å². The van der Waals surface area contributed by atoms with E-state index in [-0.39, 0.29) is 5.75 Å². The fraction of sp³-hybridized carbons (Fsp3) is 0.357. The number of nitrogen functional groups attached to an aromatic ring is 1. The highest BCUT2D eigenvalue weighted by atomic mass is 32.1. The van der Waals surface area contributed by atoms with E-state index in [0.717, 1.165) is 23.6 Å². The van der Waals surface area contributed by atoms with Crippen molar-refractivity contribution in [1.29, 1.82) is 0 Å². The average molecular weight is 301 g/mol. The van der Waals surface area contributed by atoms with Crippen LogP contribution in [0.5, 0.6) is 5.75 Å². The number of aromatic nitrogens is 4. The Hall–Kier alpha value is -2.15. The van der Waals surface area contributed by atoms with Gasteiger partial charge in [0.05, 0.1) is 11.3 Å². The zero-order chi connectivity index (χ0) is 14.4. The van der Waals surface area contributed by atoms with Crippen molar-refractivity contribution in [3.63, 3.8) is 0 Å². The van der Waals surface area contributed by atoms with Crippen molar-refractivity contribution in [3.8, 4) is 16.3 Å². The smallest absolute Gasteiger partial charge is 0.234 e. The molecule has 3 N–H and O–H groups in total. The third kappa shape index (κ3) is 1.96. The van der Waals surface area contributed by atoms with Gasteiger partial charge >= 0.3 is 0 Å². The molecule has 0 atom stereocenters. The highest BCUT2D eigenvalue weighted by Gasteiger charge is 2.24. The van der Waals surface area contributed by atoms with Crippen LogP contribution in [0.1, 0.15) is 37.4 Å². The van der Waals surface area contributed by atoms with Crippen LogP contribution in [0.4, 0.5) is 5.69 Å². The maximum atomic E-state index is 10.1. The third-order valence-electron chi connectivity index (χ3n) is 4.03. The van der Waals surface area contributed by atoms with Crippen LogP contribution < -0.4 is 5.73 Å². The van der Waals surface area contributed by atoms with E-state index in [2.05, 4.69) is 15.3 Å². The van der Waals surface area contributed by atoms with E-state index >= 15 is 0 Å². The van der Waals surface area contributed by atoms with Crippen molar-refractivity contribution in [2.75, 3.05) is 5.73 Å². The van der Waals surface area contributed by atoms with E-state index in [4.69, 9.17) is 5.73 Å². The Morgan fingerprint density at radius 2 is 2.05 bits per heavy atom. The molecular formula is C14H15N5OS. The van der Waals surface area contributed by atoms with Gasteiger partial charge in [0.2, 0.25) is 4.96 Å². The number of benzene rings is 1. The van der Waals surface area contributed by atoms with Crippen molar-refractivity contribution in [1.82, 2.24) is 19.8 Å². The molecule has 6 nitrogen and oxygen atoms in total. The van der Waals surface area contributed by atoms with Crippen molar-refractivity contribution < 1.29 is 5.11 Å². The molecule has 0 aliphatic heterocycles. The summed E-state index contributed by atoms with van der Waals surface area (Å²) in [6, 6.07) is 5.29. The number of phenols is 1. The van der Waals surface area contributed by atoms with E-state index in [1.165, 1.54) is 24.2 Å². The van der Waals surface area contributed by atoms with Gasteiger partial charge in [-0.1, -0.05) is 30.2 Å². The van der Waals surface area contributed by atoms with Gasteiger partial charge in [0, 0.05) is 5.92 Å². The molecule has 0 spiro atoms. The standard InChI is InChI=1S/C14H15N5OS/c15-10-7-3-6-9(11(10)20)13-18-19-12(8-4-1-2-5-8)16-17-14(19)21-13/h3,6-8,20H,1-2,4-5,15H2. The maximum Gasteiger partial charge on any atom is 0.234 e. The summed E-state index contributed by atoms with van der Waals surface area (Å²) in [5, 5.41) is 23.9. The molecule has 0 bridgehead atoms. The minimum absolute atomic E-state index is 0.0740. The monoisotopic (exact) mass is 301 g/mol. The number of anilines is 1. The number of phenolic OH excluding ortho intramolecular Hbond substituents is 1. The van der Waals surface area contributed by atoms with Crippen LogP contribution in [-0.4, -0.2) is 24.9 Å². The van der Waals surface area contributed by atoms with Gasteiger partial charge in [-0.25, -0.2) is 0 Å². The summed E-state index contributed by atoms with van der Waals surface area (Å²) >= 11 is 1.42. The fourth-order valence-corrected chi connectivity index (χ4v) is 3.79. The average Bonchev–Trinajstić information content (AvgIpc) is 3.16. The second-order valence-corrected chi connectivity index (χ2v) is 6.34. The summed E-state index contributed by atoms with van der Waals surface area (Å²) in [5.41, 5.74) is 6.75. The predicted molar refractivity (Wildman–Crippen MR) is 81.4 cm³/mol. The molecule has 1 aliphatic carbocycles. The Balaban J connectivity index is 1.82. The number of fused-ring (bicyclic) bond motifs is 1. The molecule has 7 heteroatoms. The minimum atomic E-state index is 0.0740. The Morgan fingerprint density at radius 1 is 1.24 bits per heavy atom. The van der Waals surface area contributed by atoms with Gasteiger partial charge in [0.25, 0.3) is 0 Å². The lowest BCUT2D eigenvalue weighted by molar-refractivity contribution is 0.480. The second-order valence-electron chi connectivity index (χ2n) is 5.38. The summed E-state index contributed by atoms with van der Waals surface area (Å²) in [6.07, 6.45) is 4.79. The summed E-state index contributed by atoms with van der Waals surface area (Å²) in [5.74, 6) is 1.46. The molecule has 2 heterocycles. The zero-order valence-corrected chi connectivity index (χ0v) is 12.2. The van der Waals surface area contributed by atoms with Gasteiger partial charge in [-0.05, 0) is 25.0 Å². The maximum absolute atomic E-state index is 10.1. The van der Waals surface area contributed by atoms with Crippen molar-refractivity contribution in [2.45, 2.75) is 31.6 Å². The first-order chi connectivity index (χ1) is 10.2. The first-order valence-electron chi connectivity index (χ1n) is 7.04. The van der Waals surface area contributed by atoms with E-state index in [9.17, 15) is 5.11 Å². The van der Waals surface area contributed by atoms with E-state index < -0.39 is 0 Å². The molecule has 0 saturated heterocycles. The van der Waals surface area contributed by atoms with Crippen molar-refractivity contribution in [2.24, 2.45) is 0 Å². The van der Waals surface area contributed by atoms with Crippen LogP contribution in [0.2, 0.25) is 0 Å². The van der Waals surface area contributed by atoms with Gasteiger partial charge in [-0.3, -0.25) is 0 Å². The molecule has 1 aliphatic rings. The van der Waals surface area contributed by atoms with E-state index in [1.807, 2.05) is 16.6 Å². The van der Waals surface area contributed by atoms with Crippen LogP contribution in [0.25, 0.3) is 15.5 Å². The van der Waals surface area contributed by atoms with E-state index in [0.29, 0.717) is 22.2 Å². The number of rotatable bonds is 2. The van der Waals surface area contributed by atoms with Crippen LogP contribution >= 0.6 is 11.3 Å². The molecule has 21 heavy (non-hydrogen) atoms. The summed E-state index contributed by atoms with van der Waals surface area (Å²) in [4.78, 5) is 0.758. The Morgan fingerprint density at radius 3 is 2.86 bits per heavy atom. The van der Waals surface area contributed by atoms with Gasteiger partial charge in [-0.2, -0.15) is 9.61 Å². The lowest BCUT2D eigenvalue weighted by Gasteiger charge is -2.04. The second kappa shape index (κ2) is 4.70. The molecule has 1 aromatic carbocycles. The summed E-state index contributed by atoms with van der Waals surface area (Å²) < 4.78 is 1.82. The van der Waals surface area contributed by atoms with Gasteiger partial charge < -0.3 is 10.8 Å². The molecule has 108 valence electrons. The molecular weight excluding hydrogens is 286 g/mol. The lowest BCUT2D eigenvalue weighted by Crippen LogP contribution is -2.01. The lowest BCUT2D eigenvalue weighted by atomic mass is 10.1. The highest BCUT2D eigenvalue weighted by Crippen LogP contribution is 2.38. The molecule has 0 unspecified atom stereocenters. The number of para-hydroxylation sites is 1. The number of nitrogens with zero attached hydrogens (tertiary/aromatic N) is 4. The van der Waals surface area contributed by atoms with Gasteiger partial charge in [-0.15, -0.1) is 10.2 Å². The minimum Gasteiger partial charge on any atom is -0.505 e. The summed E-state index contributed by atoms with van der Waals surface area (Å²) in [6.45, 7) is 0.